The summed E-state index contributed by atoms with van der Waals surface area (Å²) in [6.45, 7) is 6.29. The summed E-state index contributed by atoms with van der Waals surface area (Å²) in [5.41, 5.74) is 5.35. The quantitative estimate of drug-likeness (QED) is 0.581. The Hall–Kier alpha value is -2.90. The van der Waals surface area contributed by atoms with Crippen LogP contribution < -0.4 is 16.0 Å². The molecule has 3 N–H and O–H groups in total. The van der Waals surface area contributed by atoms with E-state index in [1.807, 2.05) is 50.3 Å². The Balaban J connectivity index is 1.64. The van der Waals surface area contributed by atoms with E-state index in [2.05, 4.69) is 39.1 Å². The Morgan fingerprint density at radius 1 is 1.17 bits per heavy atom. The van der Waals surface area contributed by atoms with E-state index in [4.69, 9.17) is 16.6 Å². The zero-order valence-electron chi connectivity index (χ0n) is 20.8. The third-order valence-corrected chi connectivity index (χ3v) is 6.99. The molecule has 0 saturated carbocycles. The van der Waals surface area contributed by atoms with Gasteiger partial charge in [0.25, 0.3) is 0 Å². The van der Waals surface area contributed by atoms with E-state index in [1.165, 1.54) is 5.56 Å². The van der Waals surface area contributed by atoms with Crippen LogP contribution >= 0.6 is 11.6 Å². The van der Waals surface area contributed by atoms with Crippen molar-refractivity contribution < 1.29 is 4.79 Å². The number of aryl methyl sites for hydroxylation is 2. The summed E-state index contributed by atoms with van der Waals surface area (Å²) in [7, 11) is 1.92. The number of aromatic nitrogens is 1. The molecule has 1 atom stereocenters. The number of fused-ring (bicyclic) bond motifs is 4. The molecule has 0 spiro atoms. The molecule has 1 amide bonds. The summed E-state index contributed by atoms with van der Waals surface area (Å²) in [4.78, 5) is 24.1. The molecule has 1 saturated heterocycles. The number of nitrogens with zero attached hydrogens (tertiary/aromatic N) is 3. The zero-order valence-corrected chi connectivity index (χ0v) is 21.5. The molecule has 0 aliphatic carbocycles. The molecule has 1 aromatic carbocycles. The molecular weight excluding hydrogens is 460 g/mol. The van der Waals surface area contributed by atoms with Crippen LogP contribution in [0.4, 0.5) is 11.4 Å². The Morgan fingerprint density at radius 2 is 1.97 bits per heavy atom. The fourth-order valence-corrected chi connectivity index (χ4v) is 4.78. The van der Waals surface area contributed by atoms with Gasteiger partial charge in [0.15, 0.2) is 0 Å². The lowest BCUT2D eigenvalue weighted by atomic mass is 9.95. The van der Waals surface area contributed by atoms with Crippen molar-refractivity contribution in [1.82, 2.24) is 15.2 Å². The lowest BCUT2D eigenvalue weighted by Gasteiger charge is -2.27. The molecule has 4 bridgehead atoms. The fraction of sp³-hybridized carbons (Fsp3) is 0.444. The molecule has 4 rings (SSSR count). The SMILES string of the molecule is C/C=C(Cl)\C1=N/C(C)Nc2cncc(c2)CCc2cc(ccc2CN(C)C(=O)C2CCNCC2)N1. The van der Waals surface area contributed by atoms with Crippen molar-refractivity contribution in [2.45, 2.75) is 52.2 Å². The van der Waals surface area contributed by atoms with Gasteiger partial charge < -0.3 is 20.9 Å². The van der Waals surface area contributed by atoms with Crippen molar-refractivity contribution in [2.24, 2.45) is 10.9 Å². The molecule has 7 nitrogen and oxygen atoms in total. The highest BCUT2D eigenvalue weighted by molar-refractivity contribution is 6.44. The van der Waals surface area contributed by atoms with Gasteiger partial charge >= 0.3 is 0 Å². The summed E-state index contributed by atoms with van der Waals surface area (Å²) in [5, 5.41) is 10.7. The predicted octanol–water partition coefficient (Wildman–Crippen LogP) is 4.55. The second-order valence-electron chi connectivity index (χ2n) is 9.34. The van der Waals surface area contributed by atoms with Crippen molar-refractivity contribution >= 4 is 34.7 Å². The van der Waals surface area contributed by atoms with E-state index >= 15 is 0 Å². The number of anilines is 2. The number of halogens is 1. The van der Waals surface area contributed by atoms with E-state index in [9.17, 15) is 4.79 Å². The van der Waals surface area contributed by atoms with Crippen molar-refractivity contribution in [2.75, 3.05) is 30.8 Å². The smallest absolute Gasteiger partial charge is 0.225 e. The van der Waals surface area contributed by atoms with Crippen LogP contribution in [0, 0.1) is 5.92 Å². The number of amides is 1. The molecule has 8 heteroatoms. The number of hydrogen-bond acceptors (Lipinski definition) is 6. The van der Waals surface area contributed by atoms with Crippen molar-refractivity contribution in [3.8, 4) is 0 Å². The highest BCUT2D eigenvalue weighted by Gasteiger charge is 2.24. The topological polar surface area (TPSA) is 81.7 Å². The second-order valence-corrected chi connectivity index (χ2v) is 9.75. The van der Waals surface area contributed by atoms with Gasteiger partial charge in [-0.05, 0) is 87.5 Å². The summed E-state index contributed by atoms with van der Waals surface area (Å²) in [5.74, 6) is 0.948. The number of carbonyl (C=O) groups excluding carboxylic acids is 1. The van der Waals surface area contributed by atoms with Gasteiger partial charge in [0.05, 0.1) is 16.9 Å². The highest BCUT2D eigenvalue weighted by Crippen LogP contribution is 2.24. The van der Waals surface area contributed by atoms with Crippen LogP contribution in [0.2, 0.25) is 0 Å². The summed E-state index contributed by atoms with van der Waals surface area (Å²) in [6, 6.07) is 8.43. The molecule has 186 valence electrons. The van der Waals surface area contributed by atoms with E-state index in [-0.39, 0.29) is 18.0 Å². The predicted molar refractivity (Wildman–Crippen MR) is 144 cm³/mol. The van der Waals surface area contributed by atoms with Crippen molar-refractivity contribution in [3.05, 3.63) is 64.5 Å². The number of pyridine rings is 1. The summed E-state index contributed by atoms with van der Waals surface area (Å²) in [6.07, 6.45) is 8.86. The van der Waals surface area contributed by atoms with E-state index in [0.29, 0.717) is 17.4 Å². The molecule has 1 aromatic heterocycles. The summed E-state index contributed by atoms with van der Waals surface area (Å²) < 4.78 is 0. The molecular formula is C27H35ClN6O. The number of piperidine rings is 1. The largest absolute Gasteiger partial charge is 0.363 e. The number of nitrogens with one attached hydrogen (secondary N) is 3. The number of rotatable bonds is 4. The number of hydrogen-bond donors (Lipinski definition) is 3. The first kappa shape index (κ1) is 25.2. The van der Waals surface area contributed by atoms with Crippen LogP contribution in [0.1, 0.15) is 43.4 Å². The second kappa shape index (κ2) is 11.7. The normalized spacial score (nSPS) is 20.7. The Labute approximate surface area is 213 Å². The maximum absolute atomic E-state index is 13.1. The Kier molecular flexibility index (Phi) is 8.42. The molecule has 2 aromatic rings. The van der Waals surface area contributed by atoms with Crippen LogP contribution in [0.15, 0.2) is 52.8 Å². The lowest BCUT2D eigenvalue weighted by Crippen LogP contribution is -2.39. The Bertz CT molecular complexity index is 1110. The third kappa shape index (κ3) is 6.61. The van der Waals surface area contributed by atoms with Crippen molar-refractivity contribution in [1.29, 1.82) is 0 Å². The maximum atomic E-state index is 13.1. The van der Waals surface area contributed by atoms with E-state index in [1.54, 1.807) is 0 Å². The molecule has 1 fully saturated rings. The van der Waals surface area contributed by atoms with Gasteiger partial charge in [-0.2, -0.15) is 0 Å². The van der Waals surface area contributed by atoms with Gasteiger partial charge in [-0.15, -0.1) is 0 Å². The van der Waals surface area contributed by atoms with Gasteiger partial charge in [-0.1, -0.05) is 23.7 Å². The third-order valence-electron chi connectivity index (χ3n) is 6.60. The van der Waals surface area contributed by atoms with E-state index < -0.39 is 0 Å². The van der Waals surface area contributed by atoms with Crippen molar-refractivity contribution in [3.63, 3.8) is 0 Å². The lowest BCUT2D eigenvalue weighted by molar-refractivity contribution is -0.135. The zero-order chi connectivity index (χ0) is 24.8. The average Bonchev–Trinajstić information content (AvgIpc) is 2.88. The standard InChI is InChI=1S/C27H35ClN6O/c1-4-25(28)26-32-18(2)31-24-13-19(15-30-16-24)5-6-21-14-23(33-26)8-7-22(21)17-34(3)27(35)20-9-11-29-12-10-20/h4,7-8,13-16,18,20,29,31H,5-6,9-12,17H2,1-3H3,(H,32,33)/b25-4+. The van der Waals surface area contributed by atoms with Crippen LogP contribution in [0.3, 0.4) is 0 Å². The minimum absolute atomic E-state index is 0.109. The number of benzene rings is 1. The molecule has 35 heavy (non-hydrogen) atoms. The molecule has 1 unspecified atom stereocenters. The van der Waals surface area contributed by atoms with Gasteiger partial charge in [-0.25, -0.2) is 4.99 Å². The molecule has 2 aliphatic heterocycles. The van der Waals surface area contributed by atoms with Gasteiger partial charge in [0.1, 0.15) is 12.0 Å². The molecule has 0 radical (unpaired) electrons. The number of amidine groups is 1. The monoisotopic (exact) mass is 494 g/mol. The minimum Gasteiger partial charge on any atom is -0.363 e. The summed E-state index contributed by atoms with van der Waals surface area (Å²) >= 11 is 6.50. The highest BCUT2D eigenvalue weighted by atomic mass is 35.5. The van der Waals surface area contributed by atoms with Gasteiger partial charge in [0, 0.05) is 31.4 Å². The van der Waals surface area contributed by atoms with Gasteiger partial charge in [-0.3, -0.25) is 9.78 Å². The molecule has 2 aliphatic rings. The fourth-order valence-electron chi connectivity index (χ4n) is 4.68. The van der Waals surface area contributed by atoms with Crippen LogP contribution in [0.25, 0.3) is 0 Å². The first-order chi connectivity index (χ1) is 16.9. The van der Waals surface area contributed by atoms with Crippen LogP contribution in [-0.2, 0) is 24.2 Å². The van der Waals surface area contributed by atoms with Gasteiger partial charge in [0.2, 0.25) is 5.91 Å². The maximum Gasteiger partial charge on any atom is 0.225 e. The van der Waals surface area contributed by atoms with Crippen LogP contribution in [-0.4, -0.2) is 47.9 Å². The first-order valence-electron chi connectivity index (χ1n) is 12.4. The van der Waals surface area contributed by atoms with E-state index in [0.717, 1.165) is 61.3 Å². The van der Waals surface area contributed by atoms with Crippen LogP contribution in [0.5, 0.6) is 0 Å². The number of aliphatic imine (C=N–C) groups is 1. The number of allylic oxidation sites excluding steroid dienone is 1. The first-order valence-corrected chi connectivity index (χ1v) is 12.8. The average molecular weight is 495 g/mol. The minimum atomic E-state index is -0.197. The molecule has 3 heterocycles. The number of carbonyl (C=O) groups is 1. The Morgan fingerprint density at radius 3 is 2.74 bits per heavy atom.